The van der Waals surface area contributed by atoms with Gasteiger partial charge < -0.3 is 15.5 Å². The van der Waals surface area contributed by atoms with Gasteiger partial charge in [0, 0.05) is 6.42 Å². The van der Waals surface area contributed by atoms with Gasteiger partial charge in [-0.1, -0.05) is 178 Å². The molecule has 0 aliphatic carbocycles. The molecule has 0 fully saturated rings. The van der Waals surface area contributed by atoms with Gasteiger partial charge in [0.05, 0.1) is 18.8 Å². The van der Waals surface area contributed by atoms with Crippen LogP contribution in [0.2, 0.25) is 0 Å². The summed E-state index contributed by atoms with van der Waals surface area (Å²) in [6.45, 7) is 4.27. The van der Waals surface area contributed by atoms with Crippen molar-refractivity contribution < 1.29 is 15.0 Å². The minimum Gasteiger partial charge on any atom is -0.394 e. The fourth-order valence-electron chi connectivity index (χ4n) is 6.03. The summed E-state index contributed by atoms with van der Waals surface area (Å²) < 4.78 is 0. The van der Waals surface area contributed by atoms with E-state index in [9.17, 15) is 15.0 Å². The summed E-state index contributed by atoms with van der Waals surface area (Å²) in [5, 5.41) is 22.9. The number of hydrogen-bond donors (Lipinski definition) is 3. The number of aliphatic hydroxyl groups is 2. The number of aliphatic hydroxyl groups excluding tert-OH is 2. The molecule has 0 rings (SSSR count). The highest BCUT2D eigenvalue weighted by Crippen LogP contribution is 2.13. The SMILES string of the molecule is CCCCCCC/C=C/CC/C=C/CC/C=C/C(O)C(CO)NC(=O)CCCCCCCCCCC/C=C\CCCCCCCCCC. The first-order chi connectivity index (χ1) is 23.7. The Morgan fingerprint density at radius 1 is 0.479 bits per heavy atom. The maximum absolute atomic E-state index is 12.4. The largest absolute Gasteiger partial charge is 0.394 e. The third-order valence-corrected chi connectivity index (χ3v) is 9.26. The van der Waals surface area contributed by atoms with Gasteiger partial charge in [-0.05, 0) is 70.6 Å². The van der Waals surface area contributed by atoms with Crippen LogP contribution in [0.15, 0.2) is 48.6 Å². The topological polar surface area (TPSA) is 69.6 Å². The summed E-state index contributed by atoms with van der Waals surface area (Å²) in [7, 11) is 0. The van der Waals surface area contributed by atoms with Crippen molar-refractivity contribution in [1.82, 2.24) is 5.32 Å². The summed E-state index contributed by atoms with van der Waals surface area (Å²) in [4.78, 5) is 12.4. The lowest BCUT2D eigenvalue weighted by molar-refractivity contribution is -0.123. The zero-order valence-electron chi connectivity index (χ0n) is 32.0. The van der Waals surface area contributed by atoms with E-state index in [1.807, 2.05) is 6.08 Å². The molecule has 48 heavy (non-hydrogen) atoms. The Bertz CT molecular complexity index is 771. The van der Waals surface area contributed by atoms with Crippen molar-refractivity contribution in [2.45, 2.75) is 219 Å². The molecule has 280 valence electrons. The van der Waals surface area contributed by atoms with Crippen LogP contribution in [0.3, 0.4) is 0 Å². The lowest BCUT2D eigenvalue weighted by atomic mass is 10.0. The number of unbranched alkanes of at least 4 members (excludes halogenated alkanes) is 24. The molecule has 0 bridgehead atoms. The highest BCUT2D eigenvalue weighted by atomic mass is 16.3. The number of nitrogens with one attached hydrogen (secondary N) is 1. The Morgan fingerprint density at radius 2 is 0.812 bits per heavy atom. The van der Waals surface area contributed by atoms with Gasteiger partial charge in [0.25, 0.3) is 0 Å². The van der Waals surface area contributed by atoms with Crippen molar-refractivity contribution >= 4 is 5.91 Å². The fraction of sp³-hybridized carbons (Fsp3) is 0.795. The Kier molecular flexibility index (Phi) is 38.4. The molecule has 4 heteroatoms. The van der Waals surface area contributed by atoms with E-state index < -0.39 is 12.1 Å². The molecule has 2 unspecified atom stereocenters. The number of allylic oxidation sites excluding steroid dienone is 7. The Balaban J connectivity index is 3.63. The van der Waals surface area contributed by atoms with Gasteiger partial charge in [-0.2, -0.15) is 0 Å². The molecular formula is C44H81NO3. The first-order valence-corrected chi connectivity index (χ1v) is 20.9. The molecule has 0 aliphatic rings. The smallest absolute Gasteiger partial charge is 0.220 e. The third kappa shape index (κ3) is 35.7. The van der Waals surface area contributed by atoms with Crippen LogP contribution in [0.4, 0.5) is 0 Å². The van der Waals surface area contributed by atoms with Crippen LogP contribution in [0.25, 0.3) is 0 Å². The van der Waals surface area contributed by atoms with Crippen LogP contribution < -0.4 is 5.32 Å². The van der Waals surface area contributed by atoms with Crippen LogP contribution in [-0.4, -0.2) is 34.9 Å². The van der Waals surface area contributed by atoms with E-state index in [2.05, 4.69) is 55.6 Å². The van der Waals surface area contributed by atoms with Crippen molar-refractivity contribution in [3.05, 3.63) is 48.6 Å². The molecule has 0 saturated carbocycles. The molecule has 0 aromatic carbocycles. The predicted octanol–water partition coefficient (Wildman–Crippen LogP) is 12.8. The van der Waals surface area contributed by atoms with Crippen LogP contribution in [-0.2, 0) is 4.79 Å². The molecule has 1 amide bonds. The van der Waals surface area contributed by atoms with Gasteiger partial charge in [-0.25, -0.2) is 0 Å². The van der Waals surface area contributed by atoms with E-state index in [0.29, 0.717) is 6.42 Å². The average Bonchev–Trinajstić information content (AvgIpc) is 3.09. The molecule has 0 spiro atoms. The lowest BCUT2D eigenvalue weighted by Crippen LogP contribution is -2.45. The van der Waals surface area contributed by atoms with E-state index in [0.717, 1.165) is 38.5 Å². The molecule has 0 saturated heterocycles. The molecule has 4 nitrogen and oxygen atoms in total. The Morgan fingerprint density at radius 3 is 1.21 bits per heavy atom. The molecule has 0 aromatic rings. The quantitative estimate of drug-likeness (QED) is 0.0455. The summed E-state index contributed by atoms with van der Waals surface area (Å²) in [5.74, 6) is -0.0816. The average molecular weight is 672 g/mol. The summed E-state index contributed by atoms with van der Waals surface area (Å²) in [6, 6.07) is -0.645. The maximum Gasteiger partial charge on any atom is 0.220 e. The standard InChI is InChI=1S/C44H81NO3/c1-3-5-7-9-11-13-15-17-19-20-21-22-23-24-26-28-30-32-34-36-38-40-44(48)45-42(41-46)43(47)39-37-35-33-31-29-27-25-18-16-14-12-10-8-6-4-2/h16,18,20-21,29,31,37,39,42-43,46-47H,3-15,17,19,22-28,30,32-36,38,40-41H2,1-2H3,(H,45,48)/b18-16+,21-20-,31-29+,39-37+. The number of carbonyl (C=O) groups excluding carboxylic acids is 1. The molecule has 0 radical (unpaired) electrons. The van der Waals surface area contributed by atoms with Crippen molar-refractivity contribution in [3.8, 4) is 0 Å². The van der Waals surface area contributed by atoms with Gasteiger partial charge in [-0.3, -0.25) is 4.79 Å². The number of carbonyl (C=O) groups is 1. The Labute approximate surface area is 299 Å². The monoisotopic (exact) mass is 672 g/mol. The van der Waals surface area contributed by atoms with Crippen LogP contribution in [0.1, 0.15) is 206 Å². The van der Waals surface area contributed by atoms with Gasteiger partial charge in [0.2, 0.25) is 5.91 Å². The highest BCUT2D eigenvalue weighted by Gasteiger charge is 2.17. The van der Waals surface area contributed by atoms with Crippen molar-refractivity contribution in [1.29, 1.82) is 0 Å². The van der Waals surface area contributed by atoms with Crippen LogP contribution >= 0.6 is 0 Å². The first kappa shape index (κ1) is 46.4. The zero-order valence-corrected chi connectivity index (χ0v) is 32.0. The normalized spacial score (nSPS) is 13.5. The number of rotatable bonds is 37. The van der Waals surface area contributed by atoms with Crippen molar-refractivity contribution in [2.24, 2.45) is 0 Å². The second-order valence-corrected chi connectivity index (χ2v) is 14.0. The van der Waals surface area contributed by atoms with Crippen molar-refractivity contribution in [2.75, 3.05) is 6.61 Å². The summed E-state index contributed by atoms with van der Waals surface area (Å²) >= 11 is 0. The second-order valence-electron chi connectivity index (χ2n) is 14.0. The van der Waals surface area contributed by atoms with Crippen LogP contribution in [0.5, 0.6) is 0 Å². The number of amides is 1. The van der Waals surface area contributed by atoms with Gasteiger partial charge in [0.15, 0.2) is 0 Å². The van der Waals surface area contributed by atoms with E-state index in [-0.39, 0.29) is 12.5 Å². The molecule has 3 N–H and O–H groups in total. The molecule has 0 aliphatic heterocycles. The second kappa shape index (κ2) is 39.8. The van der Waals surface area contributed by atoms with Crippen LogP contribution in [0, 0.1) is 0 Å². The molecule has 2 atom stereocenters. The first-order valence-electron chi connectivity index (χ1n) is 20.9. The molecular weight excluding hydrogens is 590 g/mol. The molecule has 0 aromatic heterocycles. The maximum atomic E-state index is 12.4. The summed E-state index contributed by atoms with van der Waals surface area (Å²) in [5.41, 5.74) is 0. The van der Waals surface area contributed by atoms with Gasteiger partial charge in [-0.15, -0.1) is 0 Å². The van der Waals surface area contributed by atoms with Gasteiger partial charge in [0.1, 0.15) is 0 Å². The lowest BCUT2D eigenvalue weighted by Gasteiger charge is -2.19. The number of hydrogen-bond acceptors (Lipinski definition) is 3. The van der Waals surface area contributed by atoms with E-state index in [4.69, 9.17) is 0 Å². The van der Waals surface area contributed by atoms with E-state index in [1.54, 1.807) is 6.08 Å². The zero-order chi connectivity index (χ0) is 35.0. The van der Waals surface area contributed by atoms with Gasteiger partial charge >= 0.3 is 0 Å². The van der Waals surface area contributed by atoms with Crippen molar-refractivity contribution in [3.63, 3.8) is 0 Å². The minimum atomic E-state index is -0.870. The van der Waals surface area contributed by atoms with E-state index in [1.165, 1.54) is 148 Å². The van der Waals surface area contributed by atoms with E-state index >= 15 is 0 Å². The summed E-state index contributed by atoms with van der Waals surface area (Å²) in [6.07, 6.45) is 53.5. The predicted molar refractivity (Wildman–Crippen MR) is 211 cm³/mol. The minimum absolute atomic E-state index is 0.0816. The highest BCUT2D eigenvalue weighted by molar-refractivity contribution is 5.76. The molecule has 0 heterocycles. The fourth-order valence-corrected chi connectivity index (χ4v) is 6.03. The third-order valence-electron chi connectivity index (χ3n) is 9.26. The Hall–Kier alpha value is -1.65.